The number of hydrogen-bond donors (Lipinski definition) is 0. The fourth-order valence-corrected chi connectivity index (χ4v) is 2.53. The Kier molecular flexibility index (Phi) is 3.64. The van der Waals surface area contributed by atoms with Crippen LogP contribution in [0.5, 0.6) is 0 Å². The molecule has 0 radical (unpaired) electrons. The molecule has 1 heterocycles. The van der Waals surface area contributed by atoms with Crippen LogP contribution in [0.1, 0.15) is 0 Å². The molecule has 0 aliphatic rings. The lowest BCUT2D eigenvalue weighted by molar-refractivity contribution is 0.501. The van der Waals surface area contributed by atoms with Crippen molar-refractivity contribution in [2.24, 2.45) is 0 Å². The van der Waals surface area contributed by atoms with Crippen molar-refractivity contribution >= 4 is 10.0 Å². The van der Waals surface area contributed by atoms with Gasteiger partial charge in [-0.2, -0.15) is 14.7 Å². The Morgan fingerprint density at radius 1 is 1.37 bits per heavy atom. The van der Waals surface area contributed by atoms with Crippen molar-refractivity contribution in [2.45, 2.75) is 4.90 Å². The van der Waals surface area contributed by atoms with Crippen LogP contribution in [-0.4, -0.2) is 36.1 Å². The van der Waals surface area contributed by atoms with Crippen LogP contribution in [0, 0.1) is 11.3 Å². The molecule has 1 aromatic heterocycles. The standard InChI is InChI=1S/C12H12N4O2S/c1-15(8-7-13)19(17,18)12-9-14-16(10-12)11-5-3-2-4-6-11/h2-6,9-10H,8H2,1H3. The van der Waals surface area contributed by atoms with E-state index >= 15 is 0 Å². The summed E-state index contributed by atoms with van der Waals surface area (Å²) >= 11 is 0. The van der Waals surface area contributed by atoms with Crippen molar-refractivity contribution in [3.63, 3.8) is 0 Å². The molecular formula is C12H12N4O2S. The van der Waals surface area contributed by atoms with E-state index < -0.39 is 10.0 Å². The maximum atomic E-state index is 12.1. The van der Waals surface area contributed by atoms with E-state index in [2.05, 4.69) is 5.10 Å². The number of para-hydroxylation sites is 1. The molecule has 19 heavy (non-hydrogen) atoms. The van der Waals surface area contributed by atoms with Gasteiger partial charge in [-0.05, 0) is 12.1 Å². The SMILES string of the molecule is CN(CC#N)S(=O)(=O)c1cnn(-c2ccccc2)c1. The van der Waals surface area contributed by atoms with Crippen molar-refractivity contribution in [1.82, 2.24) is 14.1 Å². The van der Waals surface area contributed by atoms with Crippen LogP contribution >= 0.6 is 0 Å². The predicted molar refractivity (Wildman–Crippen MR) is 69.0 cm³/mol. The third kappa shape index (κ3) is 2.65. The van der Waals surface area contributed by atoms with E-state index in [9.17, 15) is 8.42 Å². The zero-order valence-corrected chi connectivity index (χ0v) is 11.1. The van der Waals surface area contributed by atoms with E-state index in [1.807, 2.05) is 30.3 Å². The molecule has 0 spiro atoms. The van der Waals surface area contributed by atoms with Gasteiger partial charge in [0.25, 0.3) is 0 Å². The minimum atomic E-state index is -3.66. The van der Waals surface area contributed by atoms with E-state index in [0.29, 0.717) is 0 Å². The van der Waals surface area contributed by atoms with Gasteiger partial charge in [-0.15, -0.1) is 0 Å². The van der Waals surface area contributed by atoms with Gasteiger partial charge >= 0.3 is 0 Å². The van der Waals surface area contributed by atoms with E-state index in [1.165, 1.54) is 24.1 Å². The molecule has 0 aliphatic heterocycles. The lowest BCUT2D eigenvalue weighted by Gasteiger charge is -2.11. The van der Waals surface area contributed by atoms with Crippen LogP contribution in [0.4, 0.5) is 0 Å². The van der Waals surface area contributed by atoms with E-state index in [-0.39, 0.29) is 11.4 Å². The average Bonchev–Trinajstić information content (AvgIpc) is 2.90. The average molecular weight is 276 g/mol. The minimum Gasteiger partial charge on any atom is -0.240 e. The molecular weight excluding hydrogens is 264 g/mol. The summed E-state index contributed by atoms with van der Waals surface area (Å²) in [6.45, 7) is -0.196. The third-order valence-corrected chi connectivity index (χ3v) is 4.34. The summed E-state index contributed by atoms with van der Waals surface area (Å²) in [6.07, 6.45) is 2.70. The Hall–Kier alpha value is -2.17. The van der Waals surface area contributed by atoms with Crippen molar-refractivity contribution in [1.29, 1.82) is 5.26 Å². The normalized spacial score (nSPS) is 11.4. The van der Waals surface area contributed by atoms with Crippen molar-refractivity contribution < 1.29 is 8.42 Å². The molecule has 2 aromatic rings. The van der Waals surface area contributed by atoms with Crippen molar-refractivity contribution in [2.75, 3.05) is 13.6 Å². The molecule has 0 saturated heterocycles. The molecule has 0 N–H and O–H groups in total. The van der Waals surface area contributed by atoms with Gasteiger partial charge < -0.3 is 0 Å². The van der Waals surface area contributed by atoms with E-state index in [0.717, 1.165) is 9.99 Å². The molecule has 0 fully saturated rings. The van der Waals surface area contributed by atoms with Gasteiger partial charge in [0.15, 0.2) is 0 Å². The zero-order chi connectivity index (χ0) is 13.9. The minimum absolute atomic E-state index is 0.0640. The number of nitrogens with zero attached hydrogens (tertiary/aromatic N) is 4. The molecule has 0 unspecified atom stereocenters. The number of hydrogen-bond acceptors (Lipinski definition) is 4. The molecule has 0 saturated carbocycles. The highest BCUT2D eigenvalue weighted by molar-refractivity contribution is 7.89. The summed E-state index contributed by atoms with van der Waals surface area (Å²) in [4.78, 5) is 0.0640. The van der Waals surface area contributed by atoms with Crippen LogP contribution in [0.25, 0.3) is 5.69 Å². The van der Waals surface area contributed by atoms with E-state index in [4.69, 9.17) is 5.26 Å². The summed E-state index contributed by atoms with van der Waals surface area (Å²) in [5.74, 6) is 0. The second-order valence-corrected chi connectivity index (χ2v) is 5.92. The number of benzene rings is 1. The first kappa shape index (κ1) is 13.3. The van der Waals surface area contributed by atoms with Crippen molar-refractivity contribution in [3.05, 3.63) is 42.7 Å². The maximum Gasteiger partial charge on any atom is 0.246 e. The van der Waals surface area contributed by atoms with Gasteiger partial charge in [0.1, 0.15) is 11.4 Å². The summed E-state index contributed by atoms with van der Waals surface area (Å²) < 4.78 is 26.6. The van der Waals surface area contributed by atoms with Gasteiger partial charge in [0.05, 0.1) is 24.2 Å². The Balaban J connectivity index is 2.35. The highest BCUT2D eigenvalue weighted by Crippen LogP contribution is 2.15. The fraction of sp³-hybridized carbons (Fsp3) is 0.167. The summed E-state index contributed by atoms with van der Waals surface area (Å²) in [5, 5.41) is 12.6. The molecule has 98 valence electrons. The smallest absolute Gasteiger partial charge is 0.240 e. The lowest BCUT2D eigenvalue weighted by atomic mass is 10.3. The van der Waals surface area contributed by atoms with Crippen LogP contribution in [0.15, 0.2) is 47.6 Å². The number of rotatable bonds is 4. The first-order valence-corrected chi connectivity index (χ1v) is 6.93. The van der Waals surface area contributed by atoms with Gasteiger partial charge in [0, 0.05) is 7.05 Å². The molecule has 0 atom stereocenters. The largest absolute Gasteiger partial charge is 0.246 e. The van der Waals surface area contributed by atoms with Crippen LogP contribution in [-0.2, 0) is 10.0 Å². The first-order chi connectivity index (χ1) is 9.05. The number of sulfonamides is 1. The Bertz CT molecular complexity index is 701. The van der Waals surface area contributed by atoms with E-state index in [1.54, 1.807) is 6.07 Å². The molecule has 6 nitrogen and oxygen atoms in total. The maximum absolute atomic E-state index is 12.1. The topological polar surface area (TPSA) is 79.0 Å². The molecule has 1 aromatic carbocycles. The first-order valence-electron chi connectivity index (χ1n) is 5.49. The monoisotopic (exact) mass is 276 g/mol. The van der Waals surface area contributed by atoms with Gasteiger partial charge in [0.2, 0.25) is 10.0 Å². The second kappa shape index (κ2) is 5.22. The second-order valence-electron chi connectivity index (χ2n) is 3.88. The summed E-state index contributed by atoms with van der Waals surface area (Å²) in [7, 11) is -2.30. The summed E-state index contributed by atoms with van der Waals surface area (Å²) in [6, 6.07) is 11.0. The quantitative estimate of drug-likeness (QED) is 0.781. The Morgan fingerprint density at radius 3 is 2.68 bits per heavy atom. The molecule has 7 heteroatoms. The highest BCUT2D eigenvalue weighted by Gasteiger charge is 2.22. The molecule has 0 amide bonds. The van der Waals surface area contributed by atoms with Gasteiger partial charge in [-0.3, -0.25) is 0 Å². The van der Waals surface area contributed by atoms with Gasteiger partial charge in [-0.25, -0.2) is 13.1 Å². The Morgan fingerprint density at radius 2 is 2.05 bits per heavy atom. The molecule has 2 rings (SSSR count). The summed E-state index contributed by atoms with van der Waals surface area (Å²) in [5.41, 5.74) is 0.770. The predicted octanol–water partition coefficient (Wildman–Crippen LogP) is 1.02. The van der Waals surface area contributed by atoms with Crippen LogP contribution in [0.3, 0.4) is 0 Å². The van der Waals surface area contributed by atoms with Crippen LogP contribution < -0.4 is 0 Å². The third-order valence-electron chi connectivity index (χ3n) is 2.58. The number of aromatic nitrogens is 2. The lowest BCUT2D eigenvalue weighted by Crippen LogP contribution is -2.26. The number of nitriles is 1. The fourth-order valence-electron chi connectivity index (χ4n) is 1.53. The zero-order valence-electron chi connectivity index (χ0n) is 10.3. The van der Waals surface area contributed by atoms with Crippen LogP contribution in [0.2, 0.25) is 0 Å². The molecule has 0 bridgehead atoms. The molecule has 0 aliphatic carbocycles. The highest BCUT2D eigenvalue weighted by atomic mass is 32.2. The Labute approximate surface area is 111 Å². The van der Waals surface area contributed by atoms with Crippen molar-refractivity contribution in [3.8, 4) is 11.8 Å². The van der Waals surface area contributed by atoms with Gasteiger partial charge in [-0.1, -0.05) is 18.2 Å².